The van der Waals surface area contributed by atoms with Crippen LogP contribution in [0.5, 0.6) is 0 Å². The Morgan fingerprint density at radius 2 is 0.967 bits per heavy atom. The molecule has 0 radical (unpaired) electrons. The first-order valence-electron chi connectivity index (χ1n) is 9.83. The fraction of sp³-hybridized carbons (Fsp3) is 0.800. The van der Waals surface area contributed by atoms with Crippen molar-refractivity contribution in [2.45, 2.75) is 90.5 Å². The van der Waals surface area contributed by atoms with Crippen LogP contribution in [0, 0.1) is 0 Å². The highest BCUT2D eigenvalue weighted by atomic mass is 16.6. The van der Waals surface area contributed by atoms with Gasteiger partial charge in [0.15, 0.2) is 0 Å². The van der Waals surface area contributed by atoms with Crippen molar-refractivity contribution in [3.05, 3.63) is 0 Å². The SMILES string of the molecule is COC(=O)[C@H](CCCC[C@@H](NC(=O)OC(C)(C)C)C(=O)OC)NC(=O)OC(C)(C)C. The molecule has 174 valence electrons. The van der Waals surface area contributed by atoms with Crippen molar-refractivity contribution in [3.63, 3.8) is 0 Å². The number of amides is 2. The maximum absolute atomic E-state index is 11.9. The molecule has 0 bridgehead atoms. The summed E-state index contributed by atoms with van der Waals surface area (Å²) in [5.41, 5.74) is -1.41. The number of alkyl carbamates (subject to hydrolysis) is 2. The maximum atomic E-state index is 11.9. The van der Waals surface area contributed by atoms with Gasteiger partial charge in [0.05, 0.1) is 14.2 Å². The van der Waals surface area contributed by atoms with E-state index in [0.29, 0.717) is 12.8 Å². The summed E-state index contributed by atoms with van der Waals surface area (Å²) < 4.78 is 19.8. The molecule has 0 aliphatic carbocycles. The summed E-state index contributed by atoms with van der Waals surface area (Å²) in [7, 11) is 2.45. The van der Waals surface area contributed by atoms with Gasteiger partial charge in [-0.15, -0.1) is 0 Å². The zero-order chi connectivity index (χ0) is 23.5. The van der Waals surface area contributed by atoms with Gasteiger partial charge >= 0.3 is 24.1 Å². The topological polar surface area (TPSA) is 129 Å². The number of hydrogen-bond acceptors (Lipinski definition) is 8. The number of carbonyl (C=O) groups is 4. The van der Waals surface area contributed by atoms with Gasteiger partial charge in [0.1, 0.15) is 23.3 Å². The summed E-state index contributed by atoms with van der Waals surface area (Å²) in [5, 5.41) is 4.97. The number of ether oxygens (including phenoxy) is 4. The molecule has 0 saturated carbocycles. The normalized spacial score (nSPS) is 13.5. The first-order valence-corrected chi connectivity index (χ1v) is 9.83. The fourth-order valence-corrected chi connectivity index (χ4v) is 2.38. The summed E-state index contributed by atoms with van der Waals surface area (Å²) in [6, 6.07) is -1.78. The van der Waals surface area contributed by atoms with Gasteiger partial charge in [-0.1, -0.05) is 12.8 Å². The van der Waals surface area contributed by atoms with Crippen molar-refractivity contribution in [1.29, 1.82) is 0 Å². The van der Waals surface area contributed by atoms with E-state index in [0.717, 1.165) is 0 Å². The molecule has 0 aromatic rings. The number of carbonyl (C=O) groups excluding carboxylic acids is 4. The summed E-state index contributed by atoms with van der Waals surface area (Å²) in [6.07, 6.45) is 0.0326. The smallest absolute Gasteiger partial charge is 0.408 e. The molecule has 2 atom stereocenters. The van der Waals surface area contributed by atoms with Crippen LogP contribution in [0.1, 0.15) is 67.2 Å². The summed E-state index contributed by atoms with van der Waals surface area (Å²) >= 11 is 0. The molecule has 0 unspecified atom stereocenters. The Labute approximate surface area is 178 Å². The van der Waals surface area contributed by atoms with Crippen molar-refractivity contribution in [2.75, 3.05) is 14.2 Å². The van der Waals surface area contributed by atoms with Crippen LogP contribution in [0.25, 0.3) is 0 Å². The molecular weight excluding hydrogens is 396 g/mol. The van der Waals surface area contributed by atoms with E-state index >= 15 is 0 Å². The number of rotatable bonds is 9. The predicted molar refractivity (Wildman–Crippen MR) is 109 cm³/mol. The molecule has 0 fully saturated rings. The first-order chi connectivity index (χ1) is 13.7. The number of esters is 2. The van der Waals surface area contributed by atoms with Gasteiger partial charge in [-0.2, -0.15) is 0 Å². The number of methoxy groups -OCH3 is 2. The Kier molecular flexibility index (Phi) is 11.2. The Morgan fingerprint density at radius 3 is 1.20 bits per heavy atom. The quantitative estimate of drug-likeness (QED) is 0.323. The molecule has 0 aliphatic rings. The molecule has 2 N–H and O–H groups in total. The molecule has 10 nitrogen and oxygen atoms in total. The Balaban J connectivity index is 4.74. The Morgan fingerprint density at radius 1 is 0.667 bits per heavy atom. The van der Waals surface area contributed by atoms with Gasteiger partial charge in [0.2, 0.25) is 0 Å². The molecule has 0 aromatic heterocycles. The lowest BCUT2D eigenvalue weighted by molar-refractivity contribution is -0.144. The van der Waals surface area contributed by atoms with Crippen LogP contribution < -0.4 is 10.6 Å². The molecule has 0 aromatic carbocycles. The fourth-order valence-electron chi connectivity index (χ4n) is 2.38. The van der Waals surface area contributed by atoms with E-state index in [-0.39, 0.29) is 12.8 Å². The third kappa shape index (κ3) is 12.8. The monoisotopic (exact) mass is 432 g/mol. The van der Waals surface area contributed by atoms with Crippen LogP contribution in [0.15, 0.2) is 0 Å². The minimum absolute atomic E-state index is 0.270. The van der Waals surface area contributed by atoms with E-state index < -0.39 is 47.4 Å². The molecule has 0 saturated heterocycles. The minimum Gasteiger partial charge on any atom is -0.467 e. The maximum Gasteiger partial charge on any atom is 0.408 e. The minimum atomic E-state index is -0.889. The van der Waals surface area contributed by atoms with E-state index in [2.05, 4.69) is 10.6 Å². The zero-order valence-electron chi connectivity index (χ0n) is 19.2. The van der Waals surface area contributed by atoms with Crippen LogP contribution in [0.2, 0.25) is 0 Å². The molecule has 0 spiro atoms. The van der Waals surface area contributed by atoms with Crippen LogP contribution in [-0.4, -0.2) is 61.6 Å². The molecule has 2 amide bonds. The third-order valence-electron chi connectivity index (χ3n) is 3.59. The Bertz CT molecular complexity index is 541. The molecule has 10 heteroatoms. The summed E-state index contributed by atoms with van der Waals surface area (Å²) in [6.45, 7) is 10.3. The number of hydrogen-bond donors (Lipinski definition) is 2. The van der Waals surface area contributed by atoms with Crippen molar-refractivity contribution >= 4 is 24.1 Å². The summed E-state index contributed by atoms with van der Waals surface area (Å²) in [4.78, 5) is 47.7. The standard InChI is InChI=1S/C20H36N2O8/c1-19(2,3)29-17(25)21-13(15(23)27-7)11-9-10-12-14(16(24)28-8)22-18(26)30-20(4,5)6/h13-14H,9-12H2,1-8H3,(H,21,25)(H,22,26)/t13-,14+. The van der Waals surface area contributed by atoms with Crippen molar-refractivity contribution < 1.29 is 38.1 Å². The second-order valence-corrected chi connectivity index (χ2v) is 8.73. The average Bonchev–Trinajstić information content (AvgIpc) is 2.58. The van der Waals surface area contributed by atoms with Gasteiger partial charge in [0, 0.05) is 0 Å². The van der Waals surface area contributed by atoms with Crippen LogP contribution in [0.3, 0.4) is 0 Å². The zero-order valence-corrected chi connectivity index (χ0v) is 19.2. The van der Waals surface area contributed by atoms with E-state index in [4.69, 9.17) is 18.9 Å². The van der Waals surface area contributed by atoms with Gasteiger partial charge in [-0.25, -0.2) is 19.2 Å². The third-order valence-corrected chi connectivity index (χ3v) is 3.59. The van der Waals surface area contributed by atoms with Crippen LogP contribution in [-0.2, 0) is 28.5 Å². The van der Waals surface area contributed by atoms with Crippen molar-refractivity contribution in [3.8, 4) is 0 Å². The van der Waals surface area contributed by atoms with E-state index in [1.807, 2.05) is 0 Å². The highest BCUT2D eigenvalue weighted by Crippen LogP contribution is 2.12. The number of unbranched alkanes of at least 4 members (excludes halogenated alkanes) is 1. The Hall–Kier alpha value is -2.52. The van der Waals surface area contributed by atoms with Gasteiger partial charge in [0.25, 0.3) is 0 Å². The predicted octanol–water partition coefficient (Wildman–Crippen LogP) is 2.68. The highest BCUT2D eigenvalue weighted by molar-refractivity contribution is 5.82. The lowest BCUT2D eigenvalue weighted by Crippen LogP contribution is -2.44. The van der Waals surface area contributed by atoms with Crippen molar-refractivity contribution in [2.24, 2.45) is 0 Å². The van der Waals surface area contributed by atoms with E-state index in [1.54, 1.807) is 41.5 Å². The number of nitrogens with one attached hydrogen (secondary N) is 2. The van der Waals surface area contributed by atoms with Gasteiger partial charge < -0.3 is 29.6 Å². The van der Waals surface area contributed by atoms with Crippen molar-refractivity contribution in [1.82, 2.24) is 10.6 Å². The van der Waals surface area contributed by atoms with E-state index in [1.165, 1.54) is 14.2 Å². The molecular formula is C20H36N2O8. The summed E-state index contributed by atoms with van der Waals surface area (Å²) in [5.74, 6) is -1.20. The average molecular weight is 433 g/mol. The van der Waals surface area contributed by atoms with E-state index in [9.17, 15) is 19.2 Å². The second kappa shape index (κ2) is 12.2. The molecule has 0 aliphatic heterocycles. The second-order valence-electron chi connectivity index (χ2n) is 8.73. The molecule has 0 rings (SSSR count). The first kappa shape index (κ1) is 27.5. The molecule has 0 heterocycles. The van der Waals surface area contributed by atoms with Gasteiger partial charge in [-0.05, 0) is 54.4 Å². The largest absolute Gasteiger partial charge is 0.467 e. The highest BCUT2D eigenvalue weighted by Gasteiger charge is 2.27. The lowest BCUT2D eigenvalue weighted by atomic mass is 10.0. The van der Waals surface area contributed by atoms with Gasteiger partial charge in [-0.3, -0.25) is 0 Å². The lowest BCUT2D eigenvalue weighted by Gasteiger charge is -2.23. The molecule has 30 heavy (non-hydrogen) atoms. The van der Waals surface area contributed by atoms with Crippen LogP contribution in [0.4, 0.5) is 9.59 Å². The van der Waals surface area contributed by atoms with Crippen LogP contribution >= 0.6 is 0 Å².